The summed E-state index contributed by atoms with van der Waals surface area (Å²) in [5.41, 5.74) is 8.08. The highest BCUT2D eigenvalue weighted by atomic mass is 16.2. The van der Waals surface area contributed by atoms with Crippen LogP contribution in [0.3, 0.4) is 0 Å². The molecule has 1 saturated carbocycles. The number of rotatable bonds is 5. The Morgan fingerprint density at radius 3 is 2.67 bits per heavy atom. The van der Waals surface area contributed by atoms with Gasteiger partial charge in [-0.15, -0.1) is 0 Å². The van der Waals surface area contributed by atoms with Gasteiger partial charge in [-0.25, -0.2) is 4.98 Å². The number of fused-ring (bicyclic) bond motifs is 2. The molecule has 0 bridgehead atoms. The fourth-order valence-corrected chi connectivity index (χ4v) is 4.53. The molecule has 0 spiro atoms. The second-order valence-corrected chi connectivity index (χ2v) is 9.09. The zero-order chi connectivity index (χ0) is 24.1. The number of carbonyl (C=O) groups excluding carboxylic acids is 1. The van der Waals surface area contributed by atoms with Crippen LogP contribution in [-0.2, 0) is 4.79 Å². The zero-order valence-corrected chi connectivity index (χ0v) is 19.2. The van der Waals surface area contributed by atoms with E-state index in [2.05, 4.69) is 36.5 Å². The topological polar surface area (TPSA) is 112 Å². The summed E-state index contributed by atoms with van der Waals surface area (Å²) < 4.78 is 0. The number of carbonyl (C=O) groups is 1. The summed E-state index contributed by atoms with van der Waals surface area (Å²) in [7, 11) is 0. The van der Waals surface area contributed by atoms with Crippen LogP contribution in [0.5, 0.6) is 0 Å². The average molecular weight is 472 g/mol. The van der Waals surface area contributed by atoms with E-state index in [9.17, 15) is 4.79 Å². The summed E-state index contributed by atoms with van der Waals surface area (Å²) in [6.07, 6.45) is 9.01. The summed E-state index contributed by atoms with van der Waals surface area (Å²) in [5.74, 6) is 0.895. The van der Waals surface area contributed by atoms with Crippen molar-refractivity contribution in [2.75, 3.05) is 5.32 Å². The van der Waals surface area contributed by atoms with Crippen LogP contribution in [0.25, 0.3) is 55.7 Å². The van der Waals surface area contributed by atoms with Gasteiger partial charge < -0.3 is 10.3 Å². The van der Waals surface area contributed by atoms with Crippen molar-refractivity contribution in [1.29, 1.82) is 0 Å². The molecule has 1 aliphatic rings. The van der Waals surface area contributed by atoms with Crippen molar-refractivity contribution < 1.29 is 4.79 Å². The van der Waals surface area contributed by atoms with Crippen LogP contribution in [-0.4, -0.2) is 36.0 Å². The van der Waals surface area contributed by atoms with Gasteiger partial charge in [0.05, 0.1) is 28.4 Å². The molecule has 36 heavy (non-hydrogen) atoms. The lowest BCUT2D eigenvalue weighted by molar-refractivity contribution is -0.117. The number of amides is 1. The van der Waals surface area contributed by atoms with Crippen LogP contribution in [0.1, 0.15) is 12.8 Å². The third kappa shape index (κ3) is 3.60. The normalized spacial score (nSPS) is 13.3. The molecular formula is C28H21N7O. The van der Waals surface area contributed by atoms with E-state index in [0.29, 0.717) is 11.5 Å². The molecule has 8 nitrogen and oxygen atoms in total. The highest BCUT2D eigenvalue weighted by Gasteiger charge is 2.29. The number of aromatic nitrogens is 6. The third-order valence-corrected chi connectivity index (χ3v) is 6.56. The van der Waals surface area contributed by atoms with Crippen LogP contribution in [0, 0.1) is 5.92 Å². The molecule has 0 unspecified atom stereocenters. The molecule has 8 heteroatoms. The van der Waals surface area contributed by atoms with E-state index in [-0.39, 0.29) is 11.8 Å². The Morgan fingerprint density at radius 2 is 1.81 bits per heavy atom. The second kappa shape index (κ2) is 8.13. The maximum Gasteiger partial charge on any atom is 0.227 e. The lowest BCUT2D eigenvalue weighted by Gasteiger charge is -2.07. The number of aromatic amines is 2. The first kappa shape index (κ1) is 20.5. The fraction of sp³-hybridized carbons (Fsp3) is 0.107. The Labute approximate surface area is 205 Å². The number of hydrogen-bond donors (Lipinski definition) is 3. The number of pyridine rings is 2. The molecule has 0 radical (unpaired) electrons. The molecule has 0 saturated heterocycles. The van der Waals surface area contributed by atoms with Crippen LogP contribution in [0.15, 0.2) is 79.4 Å². The standard InChI is InChI=1S/C28H21N7O/c36-28(16-6-7-16)31-20-11-19(14-30-15-20)17-8-9-23-22(12-17)26(35-34-23)27-32-24-5-1-4-21(25(24)33-27)18-3-2-10-29-13-18/h1-5,8-16H,6-7H2,(H,31,36)(H,32,33)(H,34,35). The Balaban J connectivity index is 1.28. The maximum atomic E-state index is 12.2. The van der Waals surface area contributed by atoms with Crippen LogP contribution in [0.4, 0.5) is 5.69 Å². The van der Waals surface area contributed by atoms with Crippen LogP contribution >= 0.6 is 0 Å². The summed E-state index contributed by atoms with van der Waals surface area (Å²) in [6, 6.07) is 18.1. The predicted octanol–water partition coefficient (Wildman–Crippen LogP) is 5.58. The molecule has 0 aliphatic heterocycles. The highest BCUT2D eigenvalue weighted by Crippen LogP contribution is 2.34. The van der Waals surface area contributed by atoms with Gasteiger partial charge in [0.2, 0.25) is 5.91 Å². The van der Waals surface area contributed by atoms with Crippen molar-refractivity contribution >= 4 is 33.5 Å². The molecule has 1 fully saturated rings. The SMILES string of the molecule is O=C(Nc1cncc(-c2ccc3[nH]nc(-c4nc5c(-c6cccnc6)cccc5[nH]4)c3c2)c1)C1CC1. The first-order valence-corrected chi connectivity index (χ1v) is 11.9. The minimum absolute atomic E-state index is 0.0667. The zero-order valence-electron chi connectivity index (χ0n) is 19.2. The Hall–Kier alpha value is -4.85. The first-order valence-electron chi connectivity index (χ1n) is 11.9. The van der Waals surface area contributed by atoms with Crippen molar-refractivity contribution in [2.45, 2.75) is 12.8 Å². The quantitative estimate of drug-likeness (QED) is 0.304. The molecule has 7 rings (SSSR count). The first-order chi connectivity index (χ1) is 17.7. The van der Waals surface area contributed by atoms with Gasteiger partial charge in [-0.3, -0.25) is 19.9 Å². The number of imidazole rings is 1. The number of benzene rings is 2. The van der Waals surface area contributed by atoms with Crippen molar-refractivity contribution in [3.05, 3.63) is 79.4 Å². The Morgan fingerprint density at radius 1 is 0.889 bits per heavy atom. The summed E-state index contributed by atoms with van der Waals surface area (Å²) in [5, 5.41) is 11.6. The average Bonchev–Trinajstić information content (AvgIpc) is 3.55. The molecule has 1 amide bonds. The molecule has 0 atom stereocenters. The summed E-state index contributed by atoms with van der Waals surface area (Å²) >= 11 is 0. The van der Waals surface area contributed by atoms with Crippen molar-refractivity contribution in [3.63, 3.8) is 0 Å². The van der Waals surface area contributed by atoms with Crippen LogP contribution < -0.4 is 5.32 Å². The van der Waals surface area contributed by atoms with E-state index in [1.54, 1.807) is 18.6 Å². The van der Waals surface area contributed by atoms with E-state index in [4.69, 9.17) is 4.98 Å². The van der Waals surface area contributed by atoms with Gasteiger partial charge in [0.25, 0.3) is 0 Å². The Kier molecular flexibility index (Phi) is 4.63. The number of anilines is 1. The number of nitrogens with one attached hydrogen (secondary N) is 3. The van der Waals surface area contributed by atoms with Gasteiger partial charge in [-0.2, -0.15) is 5.10 Å². The van der Waals surface area contributed by atoms with E-state index < -0.39 is 0 Å². The summed E-state index contributed by atoms with van der Waals surface area (Å²) in [6.45, 7) is 0. The van der Waals surface area contributed by atoms with Gasteiger partial charge in [-0.1, -0.05) is 24.3 Å². The number of H-pyrrole nitrogens is 2. The van der Waals surface area contributed by atoms with E-state index in [0.717, 1.165) is 62.7 Å². The van der Waals surface area contributed by atoms with E-state index in [1.807, 2.05) is 54.7 Å². The number of hydrogen-bond acceptors (Lipinski definition) is 5. The molecule has 4 aromatic heterocycles. The predicted molar refractivity (Wildman–Crippen MR) is 139 cm³/mol. The minimum Gasteiger partial charge on any atom is -0.337 e. The molecule has 1 aliphatic carbocycles. The fourth-order valence-electron chi connectivity index (χ4n) is 4.53. The van der Waals surface area contributed by atoms with E-state index in [1.165, 1.54) is 0 Å². The maximum absolute atomic E-state index is 12.2. The second-order valence-electron chi connectivity index (χ2n) is 9.09. The molecule has 2 aromatic carbocycles. The molecule has 6 aromatic rings. The van der Waals surface area contributed by atoms with Crippen LogP contribution in [0.2, 0.25) is 0 Å². The van der Waals surface area contributed by atoms with Gasteiger partial charge >= 0.3 is 0 Å². The van der Waals surface area contributed by atoms with Gasteiger partial charge in [0.15, 0.2) is 5.82 Å². The van der Waals surface area contributed by atoms with Gasteiger partial charge in [0.1, 0.15) is 5.69 Å². The van der Waals surface area contributed by atoms with Crippen molar-refractivity contribution in [3.8, 4) is 33.8 Å². The molecule has 4 heterocycles. The largest absolute Gasteiger partial charge is 0.337 e. The number of nitrogens with zero attached hydrogens (tertiary/aromatic N) is 4. The van der Waals surface area contributed by atoms with Crippen molar-refractivity contribution in [2.24, 2.45) is 5.92 Å². The third-order valence-electron chi connectivity index (χ3n) is 6.56. The molecular weight excluding hydrogens is 450 g/mol. The highest BCUT2D eigenvalue weighted by molar-refractivity contribution is 5.99. The van der Waals surface area contributed by atoms with E-state index >= 15 is 0 Å². The Bertz CT molecular complexity index is 1750. The van der Waals surface area contributed by atoms with Crippen molar-refractivity contribution in [1.82, 2.24) is 30.1 Å². The molecule has 174 valence electrons. The number of para-hydroxylation sites is 1. The lowest BCUT2D eigenvalue weighted by Crippen LogP contribution is -2.13. The lowest BCUT2D eigenvalue weighted by atomic mass is 10.0. The smallest absolute Gasteiger partial charge is 0.227 e. The minimum atomic E-state index is 0.0667. The monoisotopic (exact) mass is 471 g/mol. The summed E-state index contributed by atoms with van der Waals surface area (Å²) in [4.78, 5) is 29.1. The molecule has 3 N–H and O–H groups in total. The van der Waals surface area contributed by atoms with Gasteiger partial charge in [0, 0.05) is 46.6 Å². The van der Waals surface area contributed by atoms with Gasteiger partial charge in [-0.05, 0) is 48.7 Å².